The number of halogens is 2. The van der Waals surface area contributed by atoms with Crippen molar-refractivity contribution in [1.29, 1.82) is 0 Å². The molecule has 0 bridgehead atoms. The van der Waals surface area contributed by atoms with E-state index in [1.807, 2.05) is 6.07 Å². The van der Waals surface area contributed by atoms with Crippen molar-refractivity contribution in [3.63, 3.8) is 0 Å². The summed E-state index contributed by atoms with van der Waals surface area (Å²) < 4.78 is 52.2. The maximum Gasteiger partial charge on any atom is 0.325 e. The molecule has 0 spiro atoms. The topological polar surface area (TPSA) is 78.0 Å². The summed E-state index contributed by atoms with van der Waals surface area (Å²) in [5.41, 5.74) is 0.925. The standard InChI is InChI=1S/C22H23F2N3O4S/c23-18-7-6-17(14-19(18)24)27-11-10-26(22(27)29)15-21(28)25-9-8-20(32(30,31)13-12-25)16-4-2-1-3-5-16/h1-7,14,20H,8-13,15H2. The fraction of sp³-hybridized carbons (Fsp3) is 0.364. The van der Waals surface area contributed by atoms with Crippen molar-refractivity contribution in [2.45, 2.75) is 11.7 Å². The highest BCUT2D eigenvalue weighted by Crippen LogP contribution is 2.29. The van der Waals surface area contributed by atoms with Crippen molar-refractivity contribution in [2.75, 3.05) is 43.4 Å². The second kappa shape index (κ2) is 8.85. The third-order valence-electron chi connectivity index (χ3n) is 5.90. The van der Waals surface area contributed by atoms with Gasteiger partial charge in [0.1, 0.15) is 6.54 Å². The first-order chi connectivity index (χ1) is 15.3. The van der Waals surface area contributed by atoms with Gasteiger partial charge in [-0.2, -0.15) is 0 Å². The normalized spacial score (nSPS) is 21.0. The molecule has 2 heterocycles. The molecule has 1 unspecified atom stereocenters. The molecule has 3 amide bonds. The highest BCUT2D eigenvalue weighted by molar-refractivity contribution is 7.91. The molecule has 7 nitrogen and oxygen atoms in total. The predicted octanol–water partition coefficient (Wildman–Crippen LogP) is 2.60. The Hall–Kier alpha value is -3.01. The Kier molecular flexibility index (Phi) is 6.14. The summed E-state index contributed by atoms with van der Waals surface area (Å²) >= 11 is 0. The molecule has 2 aliphatic rings. The lowest BCUT2D eigenvalue weighted by molar-refractivity contribution is -0.131. The van der Waals surface area contributed by atoms with E-state index in [0.717, 1.165) is 12.1 Å². The summed E-state index contributed by atoms with van der Waals surface area (Å²) in [6.07, 6.45) is 0.285. The van der Waals surface area contributed by atoms with E-state index in [2.05, 4.69) is 0 Å². The van der Waals surface area contributed by atoms with Crippen LogP contribution in [0.4, 0.5) is 19.3 Å². The Morgan fingerprint density at radius 2 is 1.72 bits per heavy atom. The van der Waals surface area contributed by atoms with Crippen molar-refractivity contribution in [1.82, 2.24) is 9.80 Å². The summed E-state index contributed by atoms with van der Waals surface area (Å²) in [5, 5.41) is -0.668. The first kappa shape index (κ1) is 22.2. The summed E-state index contributed by atoms with van der Waals surface area (Å²) in [6, 6.07) is 11.7. The fourth-order valence-corrected chi connectivity index (χ4v) is 5.92. The molecule has 0 N–H and O–H groups in total. The van der Waals surface area contributed by atoms with Crippen LogP contribution in [-0.2, 0) is 14.6 Å². The Morgan fingerprint density at radius 1 is 0.969 bits per heavy atom. The molecule has 0 saturated carbocycles. The largest absolute Gasteiger partial charge is 0.340 e. The minimum Gasteiger partial charge on any atom is -0.340 e. The number of sulfone groups is 1. The minimum atomic E-state index is -3.42. The van der Waals surface area contributed by atoms with Crippen LogP contribution in [0.2, 0.25) is 0 Å². The van der Waals surface area contributed by atoms with Crippen LogP contribution >= 0.6 is 0 Å². The SMILES string of the molecule is O=C(CN1CCN(c2ccc(F)c(F)c2)C1=O)N1CCC(c2ccccc2)S(=O)(=O)CC1. The van der Waals surface area contributed by atoms with Crippen LogP contribution in [0.1, 0.15) is 17.2 Å². The quantitative estimate of drug-likeness (QED) is 0.699. The van der Waals surface area contributed by atoms with Crippen LogP contribution in [0.15, 0.2) is 48.5 Å². The highest BCUT2D eigenvalue weighted by atomic mass is 32.2. The van der Waals surface area contributed by atoms with Crippen molar-refractivity contribution in [3.8, 4) is 0 Å². The zero-order valence-electron chi connectivity index (χ0n) is 17.3. The van der Waals surface area contributed by atoms with Crippen molar-refractivity contribution >= 4 is 27.5 Å². The fourth-order valence-electron chi connectivity index (χ4n) is 4.12. The van der Waals surface area contributed by atoms with E-state index < -0.39 is 32.8 Å². The molecule has 1 atom stereocenters. The molecule has 2 saturated heterocycles. The van der Waals surface area contributed by atoms with E-state index in [9.17, 15) is 26.8 Å². The van der Waals surface area contributed by atoms with Gasteiger partial charge in [-0.3, -0.25) is 9.69 Å². The number of benzene rings is 2. The smallest absolute Gasteiger partial charge is 0.325 e. The summed E-state index contributed by atoms with van der Waals surface area (Å²) in [4.78, 5) is 29.7. The number of hydrogen-bond acceptors (Lipinski definition) is 4. The van der Waals surface area contributed by atoms with Crippen LogP contribution in [0.3, 0.4) is 0 Å². The third-order valence-corrected chi connectivity index (χ3v) is 8.03. The number of urea groups is 1. The van der Waals surface area contributed by atoms with E-state index in [0.29, 0.717) is 5.56 Å². The van der Waals surface area contributed by atoms with Gasteiger partial charge in [0, 0.05) is 37.9 Å². The van der Waals surface area contributed by atoms with E-state index in [4.69, 9.17) is 0 Å². The molecule has 2 aliphatic heterocycles. The molecule has 2 aromatic carbocycles. The Morgan fingerprint density at radius 3 is 2.44 bits per heavy atom. The zero-order chi connectivity index (χ0) is 22.9. The molecule has 32 heavy (non-hydrogen) atoms. The number of hydrogen-bond donors (Lipinski definition) is 0. The molecule has 4 rings (SSSR count). The molecule has 0 radical (unpaired) electrons. The van der Waals surface area contributed by atoms with Gasteiger partial charge in [0.2, 0.25) is 5.91 Å². The van der Waals surface area contributed by atoms with Gasteiger partial charge in [-0.1, -0.05) is 30.3 Å². The van der Waals surface area contributed by atoms with E-state index in [1.165, 1.54) is 20.8 Å². The van der Waals surface area contributed by atoms with Gasteiger partial charge in [-0.15, -0.1) is 0 Å². The monoisotopic (exact) mass is 463 g/mol. The van der Waals surface area contributed by atoms with Crippen LogP contribution in [0, 0.1) is 11.6 Å². The van der Waals surface area contributed by atoms with Crippen LogP contribution in [0.5, 0.6) is 0 Å². The third kappa shape index (κ3) is 4.45. The highest BCUT2D eigenvalue weighted by Gasteiger charge is 2.35. The van der Waals surface area contributed by atoms with Crippen LogP contribution < -0.4 is 4.90 Å². The number of rotatable bonds is 4. The van der Waals surface area contributed by atoms with Gasteiger partial charge in [-0.05, 0) is 24.1 Å². The van der Waals surface area contributed by atoms with Gasteiger partial charge < -0.3 is 9.80 Å². The lowest BCUT2D eigenvalue weighted by Gasteiger charge is -2.24. The molecule has 0 aromatic heterocycles. The maximum atomic E-state index is 13.5. The van der Waals surface area contributed by atoms with Crippen molar-refractivity contribution < 1.29 is 26.8 Å². The van der Waals surface area contributed by atoms with Crippen molar-refractivity contribution in [2.24, 2.45) is 0 Å². The number of carbonyl (C=O) groups is 2. The number of carbonyl (C=O) groups excluding carboxylic acids is 2. The van der Waals surface area contributed by atoms with Gasteiger partial charge in [0.25, 0.3) is 0 Å². The van der Waals surface area contributed by atoms with Gasteiger partial charge in [0.15, 0.2) is 21.5 Å². The maximum absolute atomic E-state index is 13.5. The molecule has 0 aliphatic carbocycles. The lowest BCUT2D eigenvalue weighted by Crippen LogP contribution is -2.43. The molecular weight excluding hydrogens is 440 g/mol. The molecular formula is C22H23F2N3O4S. The Bertz CT molecular complexity index is 1130. The summed E-state index contributed by atoms with van der Waals surface area (Å²) in [7, 11) is -3.42. The first-order valence-corrected chi connectivity index (χ1v) is 12.0. The first-order valence-electron chi connectivity index (χ1n) is 10.3. The van der Waals surface area contributed by atoms with Gasteiger partial charge in [-0.25, -0.2) is 22.0 Å². The summed E-state index contributed by atoms with van der Waals surface area (Å²) in [6.45, 7) is 0.630. The van der Waals surface area contributed by atoms with Gasteiger partial charge >= 0.3 is 6.03 Å². The van der Waals surface area contributed by atoms with E-state index in [-0.39, 0.29) is 56.5 Å². The second-order valence-electron chi connectivity index (χ2n) is 7.89. The predicted molar refractivity (Wildman–Crippen MR) is 115 cm³/mol. The average molecular weight is 464 g/mol. The average Bonchev–Trinajstić information content (AvgIpc) is 3.03. The molecule has 170 valence electrons. The lowest BCUT2D eigenvalue weighted by atomic mass is 10.1. The second-order valence-corrected chi connectivity index (χ2v) is 10.2. The van der Waals surface area contributed by atoms with Gasteiger partial charge in [0.05, 0.1) is 11.0 Å². The number of amides is 3. The zero-order valence-corrected chi connectivity index (χ0v) is 18.1. The molecule has 10 heteroatoms. The van der Waals surface area contributed by atoms with Crippen molar-refractivity contribution in [3.05, 3.63) is 65.7 Å². The van der Waals surface area contributed by atoms with E-state index in [1.54, 1.807) is 24.3 Å². The minimum absolute atomic E-state index is 0.0689. The number of nitrogens with zero attached hydrogens (tertiary/aromatic N) is 3. The Labute approximate surface area is 185 Å². The molecule has 2 aromatic rings. The number of anilines is 1. The van der Waals surface area contributed by atoms with Crippen LogP contribution in [-0.4, -0.2) is 68.6 Å². The van der Waals surface area contributed by atoms with E-state index >= 15 is 0 Å². The molecule has 2 fully saturated rings. The van der Waals surface area contributed by atoms with Crippen LogP contribution in [0.25, 0.3) is 0 Å². The summed E-state index contributed by atoms with van der Waals surface area (Å²) in [5.74, 6) is -2.54. The Balaban J connectivity index is 1.41.